The number of benzene rings is 3. The molecular weight excluding hydrogens is 789 g/mol. The van der Waals surface area contributed by atoms with Crippen LogP contribution in [0.3, 0.4) is 0 Å². The molecule has 3 aromatic carbocycles. The first-order chi connectivity index (χ1) is 30.1. The summed E-state index contributed by atoms with van der Waals surface area (Å²) in [6.07, 6.45) is 8.12. The van der Waals surface area contributed by atoms with Crippen molar-refractivity contribution in [1.82, 2.24) is 45.4 Å². The molecule has 0 spiro atoms. The van der Waals surface area contributed by atoms with Crippen LogP contribution in [0, 0.1) is 5.92 Å². The molecule has 0 radical (unpaired) electrons. The largest absolute Gasteiger partial charge is 0.453 e. The molecule has 6 heterocycles. The van der Waals surface area contributed by atoms with Crippen LogP contribution in [0.5, 0.6) is 0 Å². The smallest absolute Gasteiger partial charge is 0.407 e. The summed E-state index contributed by atoms with van der Waals surface area (Å²) in [4.78, 5) is 81.6. The Bertz CT molecular complexity index is 2680. The molecule has 62 heavy (non-hydrogen) atoms. The summed E-state index contributed by atoms with van der Waals surface area (Å²) in [6, 6.07) is 18.0. The number of carbonyl (C=O) groups excluding carboxylic acids is 4. The maximum absolute atomic E-state index is 13.9. The van der Waals surface area contributed by atoms with Gasteiger partial charge in [0.1, 0.15) is 23.7 Å². The summed E-state index contributed by atoms with van der Waals surface area (Å²) in [7, 11) is 2.59. The number of alkyl carbamates (subject to hydrolysis) is 2. The van der Waals surface area contributed by atoms with Gasteiger partial charge in [0.2, 0.25) is 11.8 Å². The fraction of sp³-hybridized carbons (Fsp3) is 0.348. The van der Waals surface area contributed by atoms with Crippen LogP contribution < -0.4 is 15.5 Å². The van der Waals surface area contributed by atoms with Gasteiger partial charge in [0, 0.05) is 24.1 Å². The van der Waals surface area contributed by atoms with Crippen LogP contribution >= 0.6 is 0 Å². The molecule has 3 aliphatic heterocycles. The number of hydrogen-bond acceptors (Lipinski definition) is 10. The number of ether oxygens (including phenoxy) is 2. The van der Waals surface area contributed by atoms with E-state index in [1.54, 1.807) is 23.5 Å². The van der Waals surface area contributed by atoms with Gasteiger partial charge in [0.05, 0.1) is 78.7 Å². The average Bonchev–Trinajstić information content (AvgIpc) is 4.14. The molecule has 16 heteroatoms. The Morgan fingerprint density at radius 1 is 0.823 bits per heavy atom. The van der Waals surface area contributed by atoms with Gasteiger partial charge >= 0.3 is 12.2 Å². The number of aryl methyl sites for hydroxylation is 1. The number of para-hydroxylation sites is 1. The van der Waals surface area contributed by atoms with Gasteiger partial charge in [-0.05, 0) is 60.4 Å². The highest BCUT2D eigenvalue weighted by Crippen LogP contribution is 2.45. The molecule has 0 aliphatic carbocycles. The van der Waals surface area contributed by atoms with Gasteiger partial charge in [-0.25, -0.2) is 24.5 Å². The van der Waals surface area contributed by atoms with E-state index in [-0.39, 0.29) is 29.8 Å². The zero-order valence-electron chi connectivity index (χ0n) is 35.0. The molecule has 6 aromatic rings. The molecule has 3 aliphatic rings. The van der Waals surface area contributed by atoms with E-state index in [9.17, 15) is 19.2 Å². The summed E-state index contributed by atoms with van der Waals surface area (Å²) >= 11 is 0. The lowest BCUT2D eigenvalue weighted by Crippen LogP contribution is -2.51. The topological polar surface area (TPSA) is 200 Å². The molecule has 0 bridgehead atoms. The molecule has 5 atom stereocenters. The average molecular weight is 837 g/mol. The zero-order chi connectivity index (χ0) is 43.1. The molecule has 1 saturated heterocycles. The summed E-state index contributed by atoms with van der Waals surface area (Å²) in [5, 5.41) is 5.47. The van der Waals surface area contributed by atoms with Crippen molar-refractivity contribution in [1.29, 1.82) is 0 Å². The van der Waals surface area contributed by atoms with Crippen molar-refractivity contribution in [3.63, 3.8) is 0 Å². The molecule has 3 aromatic heterocycles. The molecule has 1 fully saturated rings. The van der Waals surface area contributed by atoms with E-state index in [1.807, 2.05) is 73.3 Å². The minimum Gasteiger partial charge on any atom is -0.453 e. The Labute approximate surface area is 357 Å². The molecular formula is C46H48N10O6. The SMILES string of the molecule is CC[C@H](C)[C@H](NC(=O)OC)C(=O)N1CCC[C@H]1c1ncc(-c2ccc3nc(-c4ccc(-c5cnc([C@@H]6Cc7cccc8c7N6C(=O)[C@@H](NC(=O)OC)CC8)[nH]5)cc4)cnc3c2)[nH]1. The second-order valence-corrected chi connectivity index (χ2v) is 16.2. The van der Waals surface area contributed by atoms with Crippen LogP contribution in [0.25, 0.3) is 44.8 Å². The third kappa shape index (κ3) is 7.49. The second-order valence-electron chi connectivity index (χ2n) is 16.2. The van der Waals surface area contributed by atoms with E-state index in [0.717, 1.165) is 80.9 Å². The number of imidazole rings is 2. The Kier molecular flexibility index (Phi) is 10.9. The van der Waals surface area contributed by atoms with Crippen LogP contribution in [0.2, 0.25) is 0 Å². The predicted molar refractivity (Wildman–Crippen MR) is 231 cm³/mol. The molecule has 0 saturated carbocycles. The minimum atomic E-state index is -0.712. The zero-order valence-corrected chi connectivity index (χ0v) is 35.0. The van der Waals surface area contributed by atoms with E-state index in [4.69, 9.17) is 29.4 Å². The number of carbonyl (C=O) groups is 4. The van der Waals surface area contributed by atoms with Crippen molar-refractivity contribution in [2.75, 3.05) is 25.7 Å². The molecule has 318 valence electrons. The van der Waals surface area contributed by atoms with Crippen molar-refractivity contribution in [3.05, 3.63) is 102 Å². The number of rotatable bonds is 10. The molecule has 9 rings (SSSR count). The van der Waals surface area contributed by atoms with Gasteiger partial charge in [-0.2, -0.15) is 0 Å². The minimum absolute atomic E-state index is 0.0698. The van der Waals surface area contributed by atoms with Gasteiger partial charge in [-0.1, -0.05) is 68.8 Å². The van der Waals surface area contributed by atoms with Crippen LogP contribution in [-0.4, -0.2) is 91.7 Å². The number of likely N-dealkylation sites (tertiary alicyclic amines) is 1. The van der Waals surface area contributed by atoms with Crippen molar-refractivity contribution < 1.29 is 28.7 Å². The number of methoxy groups -OCH3 is 2. The van der Waals surface area contributed by atoms with Crippen LogP contribution in [0.15, 0.2) is 79.3 Å². The van der Waals surface area contributed by atoms with Crippen molar-refractivity contribution in [2.24, 2.45) is 5.92 Å². The molecule has 16 nitrogen and oxygen atoms in total. The van der Waals surface area contributed by atoms with Crippen molar-refractivity contribution in [2.45, 2.75) is 76.5 Å². The first kappa shape index (κ1) is 40.3. The standard InChI is InChI=1S/C46H48N10O6/c1-5-25(2)39(54-46(60)62-4)44(58)55-19-7-10-37(55)41-48-24-36(52-41)29-16-17-31-33(20-29)47-22-34(50-31)26-11-13-27(14-12-26)35-23-49-42(51-35)38-21-30-9-6-8-28-15-18-32(53-45(59)61-3)43(57)56(38)40(28)30/h6,8-9,11-14,16-17,20,22-25,32,37-39H,5,7,10,15,18-19,21H2,1-4H3,(H,48,52)(H,49,51)(H,53,59)(H,54,60)/t25-,32-,37-,38-,39-/m0/s1. The van der Waals surface area contributed by atoms with E-state index in [2.05, 4.69) is 26.7 Å². The molecule has 0 unspecified atom stereocenters. The van der Waals surface area contributed by atoms with E-state index in [1.165, 1.54) is 14.2 Å². The number of fused-ring (bicyclic) bond motifs is 1. The Morgan fingerprint density at radius 2 is 1.52 bits per heavy atom. The Hall–Kier alpha value is -7.10. The number of nitrogens with zero attached hydrogens (tertiary/aromatic N) is 6. The van der Waals surface area contributed by atoms with E-state index < -0.39 is 24.3 Å². The van der Waals surface area contributed by atoms with Gasteiger partial charge in [0.15, 0.2) is 0 Å². The summed E-state index contributed by atoms with van der Waals surface area (Å²) in [6.45, 7) is 4.52. The van der Waals surface area contributed by atoms with Gasteiger partial charge in [-0.3, -0.25) is 19.5 Å². The predicted octanol–water partition coefficient (Wildman–Crippen LogP) is 6.81. The molecule has 4 N–H and O–H groups in total. The van der Waals surface area contributed by atoms with Crippen molar-refractivity contribution in [3.8, 4) is 33.8 Å². The monoisotopic (exact) mass is 836 g/mol. The number of nitrogens with one attached hydrogen (secondary N) is 4. The number of anilines is 1. The quantitative estimate of drug-likeness (QED) is 0.114. The highest BCUT2D eigenvalue weighted by molar-refractivity contribution is 6.02. The second kappa shape index (κ2) is 16.7. The normalized spacial score (nSPS) is 19.2. The summed E-state index contributed by atoms with van der Waals surface area (Å²) < 4.78 is 9.62. The number of aromatic amines is 2. The Morgan fingerprint density at radius 3 is 2.26 bits per heavy atom. The van der Waals surface area contributed by atoms with Gasteiger partial charge in [-0.15, -0.1) is 0 Å². The van der Waals surface area contributed by atoms with E-state index in [0.29, 0.717) is 37.5 Å². The van der Waals surface area contributed by atoms with Crippen LogP contribution in [-0.2, 0) is 31.9 Å². The summed E-state index contributed by atoms with van der Waals surface area (Å²) in [5.74, 6) is 0.972. The maximum atomic E-state index is 13.9. The maximum Gasteiger partial charge on any atom is 0.407 e. The first-order valence-electron chi connectivity index (χ1n) is 21.0. The molecule has 4 amide bonds. The van der Waals surface area contributed by atoms with E-state index >= 15 is 0 Å². The number of aromatic nitrogens is 6. The summed E-state index contributed by atoms with van der Waals surface area (Å²) in [5.41, 5.74) is 9.58. The lowest BCUT2D eigenvalue weighted by atomic mass is 9.97. The highest BCUT2D eigenvalue weighted by atomic mass is 16.5. The Balaban J connectivity index is 0.894. The first-order valence-corrected chi connectivity index (χ1v) is 21.0. The lowest BCUT2D eigenvalue weighted by molar-refractivity contribution is -0.135. The van der Waals surface area contributed by atoms with Crippen LogP contribution in [0.4, 0.5) is 15.3 Å². The number of H-pyrrole nitrogens is 2. The fourth-order valence-corrected chi connectivity index (χ4v) is 8.99. The third-order valence-corrected chi connectivity index (χ3v) is 12.5. The lowest BCUT2D eigenvalue weighted by Gasteiger charge is -2.30. The number of amides is 4. The third-order valence-electron chi connectivity index (χ3n) is 12.5. The highest BCUT2D eigenvalue weighted by Gasteiger charge is 2.43. The van der Waals surface area contributed by atoms with Gasteiger partial charge < -0.3 is 35.0 Å². The van der Waals surface area contributed by atoms with Crippen molar-refractivity contribution >= 4 is 40.7 Å². The fourth-order valence-electron chi connectivity index (χ4n) is 8.99. The van der Waals surface area contributed by atoms with Gasteiger partial charge in [0.25, 0.3) is 0 Å². The number of hydrogen-bond donors (Lipinski definition) is 4. The van der Waals surface area contributed by atoms with Crippen LogP contribution in [0.1, 0.15) is 74.4 Å².